The molecule has 2 atom stereocenters. The van der Waals surface area contributed by atoms with Crippen LogP contribution in [0.4, 0.5) is 5.82 Å². The summed E-state index contributed by atoms with van der Waals surface area (Å²) >= 11 is -1.14. The summed E-state index contributed by atoms with van der Waals surface area (Å²) in [5, 5.41) is 12.5. The molecule has 1 aliphatic heterocycles. The van der Waals surface area contributed by atoms with E-state index in [2.05, 4.69) is 33.1 Å². The Kier molecular flexibility index (Phi) is 5.36. The zero-order chi connectivity index (χ0) is 22.4. The molecule has 5 heterocycles. The van der Waals surface area contributed by atoms with Crippen LogP contribution in [0.15, 0.2) is 35.5 Å². The van der Waals surface area contributed by atoms with Crippen molar-refractivity contribution in [2.75, 3.05) is 30.9 Å². The van der Waals surface area contributed by atoms with Crippen LogP contribution in [0.5, 0.6) is 0 Å². The lowest BCUT2D eigenvalue weighted by molar-refractivity contribution is 0.0986. The molecular weight excluding hydrogens is 426 g/mol. The Balaban J connectivity index is 1.78. The number of hydrogen-bond donors (Lipinski definition) is 1. The summed E-state index contributed by atoms with van der Waals surface area (Å²) in [4.78, 5) is 11.9. The number of morpholine rings is 1. The van der Waals surface area contributed by atoms with Gasteiger partial charge in [0.25, 0.3) is 0 Å². The van der Waals surface area contributed by atoms with E-state index >= 15 is 0 Å². The van der Waals surface area contributed by atoms with Gasteiger partial charge in [-0.05, 0) is 32.0 Å². The third-order valence-corrected chi connectivity index (χ3v) is 6.64. The third-order valence-electron chi connectivity index (χ3n) is 5.83. The summed E-state index contributed by atoms with van der Waals surface area (Å²) < 4.78 is 19.4. The molecule has 0 saturated carbocycles. The Morgan fingerprint density at radius 3 is 2.75 bits per heavy atom. The number of fused-ring (bicyclic) bond motifs is 1. The highest BCUT2D eigenvalue weighted by atomic mass is 32.2. The number of aryl methyl sites for hydroxylation is 2. The summed E-state index contributed by atoms with van der Waals surface area (Å²) in [5.74, 6) is 0.871. The quantitative estimate of drug-likeness (QED) is 0.475. The molecule has 0 radical (unpaired) electrons. The van der Waals surface area contributed by atoms with Crippen molar-refractivity contribution in [2.45, 2.75) is 24.9 Å². The molecule has 166 valence electrons. The van der Waals surface area contributed by atoms with Crippen LogP contribution in [-0.2, 0) is 23.0 Å². The third kappa shape index (κ3) is 3.54. The molecule has 0 bridgehead atoms. The van der Waals surface area contributed by atoms with Crippen LogP contribution < -0.4 is 4.90 Å². The van der Waals surface area contributed by atoms with Gasteiger partial charge in [0, 0.05) is 48.2 Å². The largest absolute Gasteiger partial charge is 0.610 e. The van der Waals surface area contributed by atoms with Gasteiger partial charge in [-0.3, -0.25) is 9.78 Å². The van der Waals surface area contributed by atoms with Crippen molar-refractivity contribution in [3.8, 4) is 22.5 Å². The van der Waals surface area contributed by atoms with Crippen molar-refractivity contribution in [2.24, 2.45) is 7.05 Å². The monoisotopic (exact) mass is 451 g/mol. The Morgan fingerprint density at radius 1 is 1.22 bits per heavy atom. The molecular formula is C22H25N7O2S. The topological polar surface area (TPSA) is 108 Å². The molecule has 1 N–H and O–H groups in total. The van der Waals surface area contributed by atoms with Crippen LogP contribution in [0.2, 0.25) is 0 Å². The Bertz CT molecular complexity index is 1270. The van der Waals surface area contributed by atoms with Crippen LogP contribution in [0.1, 0.15) is 12.6 Å². The van der Waals surface area contributed by atoms with Gasteiger partial charge in [0.1, 0.15) is 29.0 Å². The Labute approximate surface area is 189 Å². The number of hydrogen-bond acceptors (Lipinski definition) is 7. The van der Waals surface area contributed by atoms with E-state index in [1.165, 1.54) is 0 Å². The minimum absolute atomic E-state index is 0.205. The SMILES string of the molecule is Cc1nc([S+](C)[O-])ccc1-c1cc(N2CCOC[C@H]2C)nc2c(-c3cc[nH]n3)nn(C)c12. The van der Waals surface area contributed by atoms with E-state index in [1.54, 1.807) is 12.5 Å². The molecule has 1 fully saturated rings. The number of aromatic nitrogens is 6. The number of nitrogens with zero attached hydrogens (tertiary/aromatic N) is 6. The summed E-state index contributed by atoms with van der Waals surface area (Å²) in [6.07, 6.45) is 3.42. The number of ether oxygens (including phenoxy) is 1. The predicted octanol–water partition coefficient (Wildman–Crippen LogP) is 2.69. The van der Waals surface area contributed by atoms with Gasteiger partial charge in [0.2, 0.25) is 5.03 Å². The summed E-state index contributed by atoms with van der Waals surface area (Å²) in [6, 6.07) is 8.02. The summed E-state index contributed by atoms with van der Waals surface area (Å²) in [6.45, 7) is 6.17. The standard InChI is InChI=1S/C22H25N7O2S/c1-13-12-31-10-9-29(13)18-11-16(15-5-6-19(32(4)30)24-14(15)2)22-21(25-18)20(27-28(22)3)17-7-8-23-26-17/h5-8,11,13H,9-10,12H2,1-4H3,(H,23,26)/t13-,32?/m1/s1. The maximum Gasteiger partial charge on any atom is 0.244 e. The molecule has 1 saturated heterocycles. The lowest BCUT2D eigenvalue weighted by Crippen LogP contribution is -2.44. The van der Waals surface area contributed by atoms with E-state index in [-0.39, 0.29) is 6.04 Å². The maximum atomic E-state index is 11.9. The molecule has 0 amide bonds. The summed E-state index contributed by atoms with van der Waals surface area (Å²) in [7, 11) is 1.92. The molecule has 0 aromatic carbocycles. The number of anilines is 1. The van der Waals surface area contributed by atoms with Gasteiger partial charge in [0.05, 0.1) is 30.5 Å². The average Bonchev–Trinajstić information content (AvgIpc) is 3.41. The normalized spacial score (nSPS) is 17.8. The Hall–Kier alpha value is -2.95. The molecule has 0 spiro atoms. The van der Waals surface area contributed by atoms with Gasteiger partial charge in [-0.15, -0.1) is 0 Å². The van der Waals surface area contributed by atoms with Crippen molar-refractivity contribution < 1.29 is 9.29 Å². The van der Waals surface area contributed by atoms with E-state index in [0.29, 0.717) is 18.2 Å². The number of nitrogens with one attached hydrogen (secondary N) is 1. The summed E-state index contributed by atoms with van der Waals surface area (Å²) in [5.41, 5.74) is 5.92. The number of pyridine rings is 2. The van der Waals surface area contributed by atoms with Gasteiger partial charge in [-0.1, -0.05) is 0 Å². The molecule has 32 heavy (non-hydrogen) atoms. The van der Waals surface area contributed by atoms with E-state index in [1.807, 2.05) is 36.9 Å². The van der Waals surface area contributed by atoms with Crippen molar-refractivity contribution >= 4 is 28.0 Å². The van der Waals surface area contributed by atoms with E-state index in [9.17, 15) is 4.55 Å². The fourth-order valence-corrected chi connectivity index (χ4v) is 4.76. The average molecular weight is 452 g/mol. The van der Waals surface area contributed by atoms with Gasteiger partial charge < -0.3 is 14.2 Å². The van der Waals surface area contributed by atoms with Crippen molar-refractivity contribution in [1.29, 1.82) is 0 Å². The minimum atomic E-state index is -1.14. The highest BCUT2D eigenvalue weighted by Gasteiger charge is 2.26. The van der Waals surface area contributed by atoms with Crippen LogP contribution in [0, 0.1) is 6.92 Å². The molecule has 1 aliphatic rings. The highest BCUT2D eigenvalue weighted by molar-refractivity contribution is 7.90. The van der Waals surface area contributed by atoms with Gasteiger partial charge in [-0.2, -0.15) is 10.2 Å². The first-order chi connectivity index (χ1) is 15.4. The first-order valence-corrected chi connectivity index (χ1v) is 12.0. The first-order valence-electron chi connectivity index (χ1n) is 10.5. The van der Waals surface area contributed by atoms with Gasteiger partial charge in [-0.25, -0.2) is 9.97 Å². The first kappa shape index (κ1) is 20.9. The van der Waals surface area contributed by atoms with Crippen LogP contribution >= 0.6 is 0 Å². The zero-order valence-electron chi connectivity index (χ0n) is 18.5. The molecule has 4 aromatic rings. The van der Waals surface area contributed by atoms with E-state index in [0.717, 1.165) is 51.6 Å². The predicted molar refractivity (Wildman–Crippen MR) is 124 cm³/mol. The molecule has 9 nitrogen and oxygen atoms in total. The second-order valence-electron chi connectivity index (χ2n) is 8.01. The second kappa shape index (κ2) is 8.19. The number of H-pyrrole nitrogens is 1. The molecule has 5 rings (SSSR count). The lowest BCUT2D eigenvalue weighted by Gasteiger charge is -2.34. The molecule has 10 heteroatoms. The molecule has 1 unspecified atom stereocenters. The minimum Gasteiger partial charge on any atom is -0.610 e. The smallest absolute Gasteiger partial charge is 0.244 e. The molecule has 0 aliphatic carbocycles. The van der Waals surface area contributed by atoms with Crippen LogP contribution in [0.25, 0.3) is 33.5 Å². The van der Waals surface area contributed by atoms with Crippen molar-refractivity contribution in [3.05, 3.63) is 36.2 Å². The highest BCUT2D eigenvalue weighted by Crippen LogP contribution is 2.37. The second-order valence-corrected chi connectivity index (χ2v) is 9.34. The maximum absolute atomic E-state index is 11.9. The van der Waals surface area contributed by atoms with E-state index < -0.39 is 11.2 Å². The fraction of sp³-hybridized carbons (Fsp3) is 0.364. The lowest BCUT2D eigenvalue weighted by atomic mass is 10.0. The fourth-order valence-electron chi connectivity index (χ4n) is 4.23. The van der Waals surface area contributed by atoms with Gasteiger partial charge >= 0.3 is 0 Å². The van der Waals surface area contributed by atoms with Crippen LogP contribution in [-0.4, -0.2) is 66.6 Å². The Morgan fingerprint density at radius 2 is 2.06 bits per heavy atom. The number of rotatable bonds is 4. The van der Waals surface area contributed by atoms with E-state index in [4.69, 9.17) is 14.8 Å². The van der Waals surface area contributed by atoms with Crippen LogP contribution in [0.3, 0.4) is 0 Å². The zero-order valence-corrected chi connectivity index (χ0v) is 19.3. The van der Waals surface area contributed by atoms with Crippen molar-refractivity contribution in [3.63, 3.8) is 0 Å². The number of aromatic amines is 1. The van der Waals surface area contributed by atoms with Gasteiger partial charge in [0.15, 0.2) is 0 Å². The van der Waals surface area contributed by atoms with Crippen molar-refractivity contribution in [1.82, 2.24) is 29.9 Å². The molecule has 4 aromatic heterocycles.